The minimum Gasteiger partial charge on any atom is -0.356 e. The van der Waals surface area contributed by atoms with Gasteiger partial charge in [-0.15, -0.1) is 0 Å². The number of halogens is 1. The monoisotopic (exact) mass is 432 g/mol. The van der Waals surface area contributed by atoms with E-state index in [1.165, 1.54) is 12.1 Å². The fraction of sp³-hybridized carbons (Fsp3) is 0.409. The summed E-state index contributed by atoms with van der Waals surface area (Å²) in [5.41, 5.74) is 1.00. The predicted octanol–water partition coefficient (Wildman–Crippen LogP) is 2.93. The zero-order valence-electron chi connectivity index (χ0n) is 17.5. The van der Waals surface area contributed by atoms with E-state index in [2.05, 4.69) is 10.3 Å². The number of rotatable bonds is 6. The van der Waals surface area contributed by atoms with Gasteiger partial charge in [-0.25, -0.2) is 12.8 Å². The van der Waals surface area contributed by atoms with Crippen molar-refractivity contribution < 1.29 is 12.8 Å². The summed E-state index contributed by atoms with van der Waals surface area (Å²) >= 11 is 0. The van der Waals surface area contributed by atoms with Crippen LogP contribution in [0.15, 0.2) is 64.5 Å². The quantitative estimate of drug-likeness (QED) is 0.563. The second-order valence-corrected chi connectivity index (χ2v) is 9.51. The van der Waals surface area contributed by atoms with Gasteiger partial charge in [0.05, 0.1) is 4.90 Å². The zero-order valence-corrected chi connectivity index (χ0v) is 18.3. The van der Waals surface area contributed by atoms with Crippen LogP contribution in [0, 0.1) is 11.7 Å². The van der Waals surface area contributed by atoms with E-state index in [1.807, 2.05) is 18.0 Å². The van der Waals surface area contributed by atoms with Crippen molar-refractivity contribution in [2.45, 2.75) is 24.3 Å². The van der Waals surface area contributed by atoms with Gasteiger partial charge in [-0.2, -0.15) is 4.31 Å². The molecule has 0 aliphatic carbocycles. The summed E-state index contributed by atoms with van der Waals surface area (Å²) in [5, 5.41) is 3.39. The molecule has 0 amide bonds. The second kappa shape index (κ2) is 10.0. The van der Waals surface area contributed by atoms with E-state index in [9.17, 15) is 12.8 Å². The molecule has 1 fully saturated rings. The molecular weight excluding hydrogens is 403 g/mol. The van der Waals surface area contributed by atoms with Crippen molar-refractivity contribution in [3.8, 4) is 0 Å². The molecule has 8 heteroatoms. The van der Waals surface area contributed by atoms with E-state index in [1.54, 1.807) is 47.8 Å². The average molecular weight is 433 g/mol. The summed E-state index contributed by atoms with van der Waals surface area (Å²) < 4.78 is 40.2. The fourth-order valence-electron chi connectivity index (χ4n) is 3.65. The van der Waals surface area contributed by atoms with Crippen molar-refractivity contribution in [1.29, 1.82) is 0 Å². The Labute approximate surface area is 178 Å². The lowest BCUT2D eigenvalue weighted by atomic mass is 9.98. The molecular formula is C22H29FN4O2S. The van der Waals surface area contributed by atoms with Crippen molar-refractivity contribution in [3.63, 3.8) is 0 Å². The van der Waals surface area contributed by atoms with E-state index < -0.39 is 10.0 Å². The predicted molar refractivity (Wildman–Crippen MR) is 117 cm³/mol. The van der Waals surface area contributed by atoms with E-state index in [0.717, 1.165) is 30.9 Å². The summed E-state index contributed by atoms with van der Waals surface area (Å²) in [4.78, 5) is 6.67. The van der Waals surface area contributed by atoms with Gasteiger partial charge in [0, 0.05) is 40.3 Å². The fourth-order valence-corrected chi connectivity index (χ4v) is 5.14. The van der Waals surface area contributed by atoms with Gasteiger partial charge < -0.3 is 10.2 Å². The van der Waals surface area contributed by atoms with Crippen LogP contribution in [0.1, 0.15) is 18.4 Å². The number of guanidine groups is 1. The molecule has 1 heterocycles. The van der Waals surface area contributed by atoms with Gasteiger partial charge in [0.1, 0.15) is 5.82 Å². The SMILES string of the molecule is CN=C(NCC1CCN(S(=O)(=O)c2ccccc2)CC1)N(C)Cc1ccc(F)cc1. The molecule has 0 spiro atoms. The molecule has 0 unspecified atom stereocenters. The van der Waals surface area contributed by atoms with Crippen LogP contribution in [0.3, 0.4) is 0 Å². The third-order valence-electron chi connectivity index (χ3n) is 5.41. The maximum absolute atomic E-state index is 13.1. The van der Waals surface area contributed by atoms with Gasteiger partial charge in [0.2, 0.25) is 10.0 Å². The van der Waals surface area contributed by atoms with Gasteiger partial charge in [0.15, 0.2) is 5.96 Å². The third kappa shape index (κ3) is 5.58. The molecule has 1 aliphatic heterocycles. The Bertz CT molecular complexity index is 941. The molecule has 30 heavy (non-hydrogen) atoms. The highest BCUT2D eigenvalue weighted by Gasteiger charge is 2.29. The Hall–Kier alpha value is -2.45. The summed E-state index contributed by atoms with van der Waals surface area (Å²) in [6, 6.07) is 15.0. The van der Waals surface area contributed by atoms with Gasteiger partial charge in [-0.1, -0.05) is 30.3 Å². The van der Waals surface area contributed by atoms with Gasteiger partial charge in [-0.05, 0) is 48.6 Å². The van der Waals surface area contributed by atoms with Gasteiger partial charge in [0.25, 0.3) is 0 Å². The topological polar surface area (TPSA) is 65.0 Å². The third-order valence-corrected chi connectivity index (χ3v) is 7.32. The first-order valence-corrected chi connectivity index (χ1v) is 11.6. The normalized spacial score (nSPS) is 16.4. The first kappa shape index (κ1) is 22.2. The molecule has 3 rings (SSSR count). The molecule has 0 saturated carbocycles. The van der Waals surface area contributed by atoms with Crippen LogP contribution in [0.5, 0.6) is 0 Å². The minimum absolute atomic E-state index is 0.246. The highest BCUT2D eigenvalue weighted by molar-refractivity contribution is 7.89. The number of aliphatic imine (C=N–C) groups is 1. The summed E-state index contributed by atoms with van der Waals surface area (Å²) in [6.07, 6.45) is 1.61. The van der Waals surface area contributed by atoms with Crippen LogP contribution < -0.4 is 5.32 Å². The maximum Gasteiger partial charge on any atom is 0.243 e. The molecule has 2 aromatic rings. The largest absolute Gasteiger partial charge is 0.356 e. The number of nitrogens with one attached hydrogen (secondary N) is 1. The molecule has 162 valence electrons. The summed E-state index contributed by atoms with van der Waals surface area (Å²) in [6.45, 7) is 2.40. The Morgan fingerprint density at radius 2 is 1.77 bits per heavy atom. The van der Waals surface area contributed by atoms with Crippen LogP contribution in [-0.2, 0) is 16.6 Å². The minimum atomic E-state index is -3.42. The molecule has 0 radical (unpaired) electrons. The first-order chi connectivity index (χ1) is 14.4. The summed E-state index contributed by atoms with van der Waals surface area (Å²) in [5.74, 6) is 0.895. The lowest BCUT2D eigenvalue weighted by molar-refractivity contribution is 0.272. The molecule has 2 aromatic carbocycles. The van der Waals surface area contributed by atoms with Crippen molar-refractivity contribution in [3.05, 3.63) is 66.0 Å². The smallest absolute Gasteiger partial charge is 0.243 e. The number of benzene rings is 2. The number of piperidine rings is 1. The highest BCUT2D eigenvalue weighted by Crippen LogP contribution is 2.23. The number of hydrogen-bond acceptors (Lipinski definition) is 3. The van der Waals surface area contributed by atoms with Gasteiger partial charge >= 0.3 is 0 Å². The van der Waals surface area contributed by atoms with E-state index in [4.69, 9.17) is 0 Å². The number of nitrogens with zero attached hydrogens (tertiary/aromatic N) is 3. The molecule has 0 atom stereocenters. The van der Waals surface area contributed by atoms with Crippen molar-refractivity contribution in [2.24, 2.45) is 10.9 Å². The van der Waals surface area contributed by atoms with E-state index >= 15 is 0 Å². The molecule has 1 aliphatic rings. The zero-order chi connectivity index (χ0) is 21.6. The highest BCUT2D eigenvalue weighted by atomic mass is 32.2. The standard InChI is InChI=1S/C22H29FN4O2S/c1-24-22(26(2)17-19-8-10-20(23)11-9-19)25-16-18-12-14-27(15-13-18)30(28,29)21-6-4-3-5-7-21/h3-11,18H,12-17H2,1-2H3,(H,24,25). The molecule has 0 bridgehead atoms. The lowest BCUT2D eigenvalue weighted by Gasteiger charge is -2.32. The molecule has 0 aromatic heterocycles. The van der Waals surface area contributed by atoms with Crippen molar-refractivity contribution in [1.82, 2.24) is 14.5 Å². The second-order valence-electron chi connectivity index (χ2n) is 7.57. The van der Waals surface area contributed by atoms with E-state index in [-0.39, 0.29) is 5.82 Å². The van der Waals surface area contributed by atoms with Crippen LogP contribution in [0.25, 0.3) is 0 Å². The number of hydrogen-bond donors (Lipinski definition) is 1. The average Bonchev–Trinajstić information content (AvgIpc) is 2.77. The van der Waals surface area contributed by atoms with Crippen LogP contribution in [-0.4, -0.2) is 57.3 Å². The van der Waals surface area contributed by atoms with Crippen molar-refractivity contribution >= 4 is 16.0 Å². The number of sulfonamides is 1. The Balaban J connectivity index is 1.49. The Morgan fingerprint density at radius 3 is 2.37 bits per heavy atom. The van der Waals surface area contributed by atoms with Crippen molar-refractivity contribution in [2.75, 3.05) is 33.7 Å². The summed E-state index contributed by atoms with van der Waals surface area (Å²) in [7, 11) is 0.255. The first-order valence-electron chi connectivity index (χ1n) is 10.1. The van der Waals surface area contributed by atoms with E-state index in [0.29, 0.717) is 30.4 Å². The molecule has 1 N–H and O–H groups in total. The van der Waals surface area contributed by atoms with Gasteiger partial charge in [-0.3, -0.25) is 4.99 Å². The van der Waals surface area contributed by atoms with Crippen LogP contribution >= 0.6 is 0 Å². The molecule has 1 saturated heterocycles. The Morgan fingerprint density at radius 1 is 1.13 bits per heavy atom. The molecule has 6 nitrogen and oxygen atoms in total. The lowest BCUT2D eigenvalue weighted by Crippen LogP contribution is -2.44. The van der Waals surface area contributed by atoms with Crippen LogP contribution in [0.4, 0.5) is 4.39 Å². The Kier molecular flexibility index (Phi) is 7.44. The van der Waals surface area contributed by atoms with Crippen LogP contribution in [0.2, 0.25) is 0 Å². The maximum atomic E-state index is 13.1.